The maximum atomic E-state index is 6.64. The molecule has 0 aliphatic heterocycles. The lowest BCUT2D eigenvalue weighted by atomic mass is 9.86. The molecule has 2 aliphatic rings. The third kappa shape index (κ3) is 3.41. The largest absolute Gasteiger partial charge is 0.456 e. The van der Waals surface area contributed by atoms with Gasteiger partial charge in [0.1, 0.15) is 11.3 Å². The Kier molecular flexibility index (Phi) is 4.81. The highest BCUT2D eigenvalue weighted by Gasteiger charge is 2.24. The molecule has 8 rings (SSSR count). The van der Waals surface area contributed by atoms with Crippen molar-refractivity contribution in [3.8, 4) is 22.3 Å². The van der Waals surface area contributed by atoms with E-state index in [0.29, 0.717) is 5.92 Å². The first-order valence-corrected chi connectivity index (χ1v) is 13.5. The molecule has 182 valence electrons. The van der Waals surface area contributed by atoms with Gasteiger partial charge in [-0.15, -0.1) is 0 Å². The van der Waals surface area contributed by atoms with Crippen molar-refractivity contribution in [2.45, 2.75) is 25.2 Å². The van der Waals surface area contributed by atoms with E-state index in [0.717, 1.165) is 36.2 Å². The van der Waals surface area contributed by atoms with Crippen LogP contribution < -0.4 is 0 Å². The zero-order valence-electron chi connectivity index (χ0n) is 21.1. The maximum absolute atomic E-state index is 6.64. The van der Waals surface area contributed by atoms with Crippen molar-refractivity contribution in [1.29, 1.82) is 0 Å². The zero-order valence-corrected chi connectivity index (χ0v) is 21.1. The van der Waals surface area contributed by atoms with Crippen molar-refractivity contribution in [2.24, 2.45) is 0 Å². The van der Waals surface area contributed by atoms with Gasteiger partial charge >= 0.3 is 0 Å². The molecule has 0 saturated heterocycles. The van der Waals surface area contributed by atoms with Gasteiger partial charge in [0, 0.05) is 44.6 Å². The molecule has 0 radical (unpaired) electrons. The number of rotatable bonds is 3. The Labute approximate surface area is 221 Å². The molecule has 0 fully saturated rings. The third-order valence-corrected chi connectivity index (χ3v) is 8.24. The van der Waals surface area contributed by atoms with E-state index in [4.69, 9.17) is 4.42 Å². The van der Waals surface area contributed by atoms with Crippen LogP contribution in [0.4, 0.5) is 0 Å². The SMILES string of the molecule is C1=Cc2c([nH]c3cc(-c4cc(-c5ccccc5)cc5c6c(oc45)C=CC(c4ccccc4)C6)ccc23)CC1. The molecule has 1 N–H and O–H groups in total. The number of hydrogen-bond acceptors (Lipinski definition) is 1. The standard InChI is InChI=1S/C36H27NO/c1-3-9-23(10-4-1)25-16-18-35-31(19-25)32-21-27(24-11-5-2-6-12-24)20-30(36(32)38-35)26-15-17-29-28-13-7-8-14-33(28)37-34(29)22-26/h1-7,9-13,15-18,20-22,25,37H,8,14,19H2. The normalized spacial score (nSPS) is 16.2. The molecule has 6 aromatic rings. The van der Waals surface area contributed by atoms with Gasteiger partial charge in [-0.25, -0.2) is 0 Å². The fourth-order valence-corrected chi connectivity index (χ4v) is 6.30. The van der Waals surface area contributed by atoms with Gasteiger partial charge in [0.05, 0.1) is 0 Å². The molecular weight excluding hydrogens is 462 g/mol. The van der Waals surface area contributed by atoms with Gasteiger partial charge in [-0.1, -0.05) is 91.0 Å². The number of fused-ring (bicyclic) bond motifs is 6. The van der Waals surface area contributed by atoms with Gasteiger partial charge in [0.25, 0.3) is 0 Å². The fourth-order valence-electron chi connectivity index (χ4n) is 6.30. The van der Waals surface area contributed by atoms with Crippen LogP contribution in [0.25, 0.3) is 56.3 Å². The first-order valence-electron chi connectivity index (χ1n) is 13.5. The molecule has 2 aromatic heterocycles. The highest BCUT2D eigenvalue weighted by Crippen LogP contribution is 2.43. The Hall–Kier alpha value is -4.56. The summed E-state index contributed by atoms with van der Waals surface area (Å²) >= 11 is 0. The van der Waals surface area contributed by atoms with E-state index in [2.05, 4.69) is 120 Å². The summed E-state index contributed by atoms with van der Waals surface area (Å²) < 4.78 is 6.64. The molecule has 1 atom stereocenters. The number of aromatic nitrogens is 1. The fraction of sp³-hybridized carbons (Fsp3) is 0.111. The van der Waals surface area contributed by atoms with Crippen LogP contribution in [0.1, 0.15) is 40.5 Å². The first-order chi connectivity index (χ1) is 18.8. The van der Waals surface area contributed by atoms with Crippen LogP contribution in [0.15, 0.2) is 108 Å². The molecule has 2 heterocycles. The predicted octanol–water partition coefficient (Wildman–Crippen LogP) is 9.56. The van der Waals surface area contributed by atoms with Crippen molar-refractivity contribution in [2.75, 3.05) is 0 Å². The molecular formula is C36H27NO. The second-order valence-electron chi connectivity index (χ2n) is 10.5. The summed E-state index contributed by atoms with van der Waals surface area (Å²) in [5, 5.41) is 2.51. The summed E-state index contributed by atoms with van der Waals surface area (Å²) in [6.45, 7) is 0. The summed E-state index contributed by atoms with van der Waals surface area (Å²) in [7, 11) is 0. The molecule has 38 heavy (non-hydrogen) atoms. The van der Waals surface area contributed by atoms with Crippen LogP contribution in [-0.2, 0) is 12.8 Å². The summed E-state index contributed by atoms with van der Waals surface area (Å²) in [5.74, 6) is 1.34. The van der Waals surface area contributed by atoms with Crippen LogP contribution in [0, 0.1) is 0 Å². The summed E-state index contributed by atoms with van der Waals surface area (Å²) in [5.41, 5.74) is 12.3. The van der Waals surface area contributed by atoms with Gasteiger partial charge in [-0.05, 0) is 65.8 Å². The average molecular weight is 490 g/mol. The zero-order chi connectivity index (χ0) is 25.1. The van der Waals surface area contributed by atoms with Crippen molar-refractivity contribution in [3.63, 3.8) is 0 Å². The van der Waals surface area contributed by atoms with Crippen LogP contribution in [0.3, 0.4) is 0 Å². The molecule has 0 saturated carbocycles. The molecule has 2 heteroatoms. The van der Waals surface area contributed by atoms with E-state index < -0.39 is 0 Å². The van der Waals surface area contributed by atoms with Crippen LogP contribution >= 0.6 is 0 Å². The molecule has 0 amide bonds. The number of furan rings is 1. The highest BCUT2D eigenvalue weighted by molar-refractivity contribution is 6.02. The quantitative estimate of drug-likeness (QED) is 0.263. The van der Waals surface area contributed by atoms with Gasteiger partial charge in [-0.2, -0.15) is 0 Å². The second kappa shape index (κ2) is 8.49. The number of benzene rings is 4. The predicted molar refractivity (Wildman–Crippen MR) is 158 cm³/mol. The molecule has 0 bridgehead atoms. The van der Waals surface area contributed by atoms with E-state index in [-0.39, 0.29) is 0 Å². The van der Waals surface area contributed by atoms with Crippen molar-refractivity contribution in [1.82, 2.24) is 4.98 Å². The number of hydrogen-bond donors (Lipinski definition) is 1. The van der Waals surface area contributed by atoms with E-state index in [1.54, 1.807) is 0 Å². The van der Waals surface area contributed by atoms with Crippen LogP contribution in [0.2, 0.25) is 0 Å². The van der Waals surface area contributed by atoms with E-state index >= 15 is 0 Å². The Balaban J connectivity index is 1.33. The Morgan fingerprint density at radius 2 is 1.58 bits per heavy atom. The maximum Gasteiger partial charge on any atom is 0.142 e. The van der Waals surface area contributed by atoms with E-state index in [1.165, 1.54) is 55.4 Å². The highest BCUT2D eigenvalue weighted by atomic mass is 16.3. The smallest absolute Gasteiger partial charge is 0.142 e. The summed E-state index contributed by atoms with van der Waals surface area (Å²) in [6, 6.07) is 32.9. The number of allylic oxidation sites excluding steroid dienone is 2. The number of nitrogens with one attached hydrogen (secondary N) is 1. The average Bonchev–Trinajstić information content (AvgIpc) is 3.55. The summed E-state index contributed by atoms with van der Waals surface area (Å²) in [6.07, 6.45) is 12.1. The van der Waals surface area contributed by atoms with Crippen LogP contribution in [-0.4, -0.2) is 4.98 Å². The van der Waals surface area contributed by atoms with Crippen molar-refractivity contribution >= 4 is 34.0 Å². The summed E-state index contributed by atoms with van der Waals surface area (Å²) in [4.78, 5) is 3.70. The van der Waals surface area contributed by atoms with Gasteiger partial charge in [0.2, 0.25) is 0 Å². The van der Waals surface area contributed by atoms with E-state index in [9.17, 15) is 0 Å². The second-order valence-corrected chi connectivity index (χ2v) is 10.5. The van der Waals surface area contributed by atoms with E-state index in [1.807, 2.05) is 0 Å². The molecule has 2 nitrogen and oxygen atoms in total. The molecule has 2 aliphatic carbocycles. The Bertz CT molecular complexity index is 1880. The monoisotopic (exact) mass is 489 g/mol. The van der Waals surface area contributed by atoms with Gasteiger partial charge in [-0.3, -0.25) is 0 Å². The number of H-pyrrole nitrogens is 1. The van der Waals surface area contributed by atoms with Gasteiger partial charge in [0.15, 0.2) is 0 Å². The number of aromatic amines is 1. The minimum Gasteiger partial charge on any atom is -0.456 e. The third-order valence-electron chi connectivity index (χ3n) is 8.24. The molecule has 4 aromatic carbocycles. The topological polar surface area (TPSA) is 28.9 Å². The molecule has 0 spiro atoms. The Morgan fingerprint density at radius 1 is 0.737 bits per heavy atom. The minimum atomic E-state index is 0.350. The molecule has 1 unspecified atom stereocenters. The minimum absolute atomic E-state index is 0.350. The van der Waals surface area contributed by atoms with Crippen LogP contribution in [0.5, 0.6) is 0 Å². The van der Waals surface area contributed by atoms with Gasteiger partial charge < -0.3 is 9.40 Å². The number of aryl methyl sites for hydroxylation is 1. The lowest BCUT2D eigenvalue weighted by molar-refractivity contribution is 0.592. The van der Waals surface area contributed by atoms with Crippen molar-refractivity contribution < 1.29 is 4.42 Å². The first kappa shape index (κ1) is 21.5. The van der Waals surface area contributed by atoms with Crippen molar-refractivity contribution in [3.05, 3.63) is 131 Å². The Morgan fingerprint density at radius 3 is 2.45 bits per heavy atom. The lowest BCUT2D eigenvalue weighted by Gasteiger charge is -2.17. The lowest BCUT2D eigenvalue weighted by Crippen LogP contribution is -2.04.